The molecule has 1 N–H and O–H groups in total. The van der Waals surface area contributed by atoms with Crippen molar-refractivity contribution in [1.29, 1.82) is 0 Å². The van der Waals surface area contributed by atoms with Crippen LogP contribution in [-0.2, 0) is 14.2 Å². The van der Waals surface area contributed by atoms with E-state index >= 15 is 0 Å². The van der Waals surface area contributed by atoms with Crippen LogP contribution in [0.1, 0.15) is 19.3 Å². The maximum Gasteiger partial charge on any atom is 0.147 e. The topological polar surface area (TPSA) is 47.9 Å². The third kappa shape index (κ3) is 4.04. The van der Waals surface area contributed by atoms with Gasteiger partial charge in [-0.3, -0.25) is 0 Å². The average molecular weight is 190 g/mol. The van der Waals surface area contributed by atoms with Crippen LogP contribution in [0.3, 0.4) is 0 Å². The molecular formula is C9H18O4. The van der Waals surface area contributed by atoms with Crippen LogP contribution < -0.4 is 0 Å². The summed E-state index contributed by atoms with van der Waals surface area (Å²) in [4.78, 5) is 0. The molecule has 0 aliphatic heterocycles. The van der Waals surface area contributed by atoms with Gasteiger partial charge in [-0.15, -0.1) is 0 Å². The summed E-state index contributed by atoms with van der Waals surface area (Å²) < 4.78 is 15.3. The molecule has 1 rings (SSSR count). The molecule has 78 valence electrons. The van der Waals surface area contributed by atoms with Crippen molar-refractivity contribution in [1.82, 2.24) is 0 Å². The quantitative estimate of drug-likeness (QED) is 0.490. The second-order valence-corrected chi connectivity index (χ2v) is 3.22. The number of methoxy groups -OCH3 is 1. The molecule has 0 saturated heterocycles. The van der Waals surface area contributed by atoms with Crippen molar-refractivity contribution in [2.45, 2.75) is 31.5 Å². The molecule has 2 atom stereocenters. The SMILES string of the molecule is COCCOCO[C@@H]1CCC[C@@H]1O. The molecule has 13 heavy (non-hydrogen) atoms. The van der Waals surface area contributed by atoms with Crippen molar-refractivity contribution in [2.75, 3.05) is 27.1 Å². The lowest BCUT2D eigenvalue weighted by Crippen LogP contribution is -2.24. The molecule has 0 bridgehead atoms. The van der Waals surface area contributed by atoms with E-state index < -0.39 is 0 Å². The van der Waals surface area contributed by atoms with E-state index in [-0.39, 0.29) is 19.0 Å². The first-order valence-corrected chi connectivity index (χ1v) is 4.71. The van der Waals surface area contributed by atoms with E-state index in [1.54, 1.807) is 7.11 Å². The molecule has 0 aromatic rings. The minimum absolute atomic E-state index is 0.0254. The van der Waals surface area contributed by atoms with Crippen molar-refractivity contribution in [2.24, 2.45) is 0 Å². The summed E-state index contributed by atoms with van der Waals surface area (Å²) >= 11 is 0. The third-order valence-electron chi connectivity index (χ3n) is 2.21. The molecule has 0 aromatic carbocycles. The molecule has 4 nitrogen and oxygen atoms in total. The smallest absolute Gasteiger partial charge is 0.147 e. The zero-order valence-corrected chi connectivity index (χ0v) is 8.07. The van der Waals surface area contributed by atoms with Gasteiger partial charge >= 0.3 is 0 Å². The van der Waals surface area contributed by atoms with Crippen LogP contribution in [0.15, 0.2) is 0 Å². The molecule has 1 fully saturated rings. The molecule has 0 amide bonds. The predicted octanol–water partition coefficient (Wildman–Crippen LogP) is 0.537. The van der Waals surface area contributed by atoms with Gasteiger partial charge in [0.2, 0.25) is 0 Å². The van der Waals surface area contributed by atoms with Crippen molar-refractivity contribution >= 4 is 0 Å². The van der Waals surface area contributed by atoms with E-state index in [9.17, 15) is 5.11 Å². The average Bonchev–Trinajstić information content (AvgIpc) is 2.52. The van der Waals surface area contributed by atoms with Gasteiger partial charge in [0, 0.05) is 7.11 Å². The normalized spacial score (nSPS) is 28.2. The monoisotopic (exact) mass is 190 g/mol. The lowest BCUT2D eigenvalue weighted by atomic mass is 10.3. The molecule has 0 unspecified atom stereocenters. The van der Waals surface area contributed by atoms with Gasteiger partial charge in [-0.2, -0.15) is 0 Å². The summed E-state index contributed by atoms with van der Waals surface area (Å²) in [6, 6.07) is 0. The van der Waals surface area contributed by atoms with Crippen molar-refractivity contribution in [3.8, 4) is 0 Å². The second kappa shape index (κ2) is 6.32. The van der Waals surface area contributed by atoms with Crippen LogP contribution in [0.5, 0.6) is 0 Å². The summed E-state index contributed by atoms with van der Waals surface area (Å²) in [5.41, 5.74) is 0. The fraction of sp³-hybridized carbons (Fsp3) is 1.00. The number of rotatable bonds is 6. The largest absolute Gasteiger partial charge is 0.390 e. The Kier molecular flexibility index (Phi) is 5.31. The second-order valence-electron chi connectivity index (χ2n) is 3.22. The first-order chi connectivity index (χ1) is 6.34. The highest BCUT2D eigenvalue weighted by molar-refractivity contribution is 4.76. The van der Waals surface area contributed by atoms with E-state index in [1.165, 1.54) is 0 Å². The van der Waals surface area contributed by atoms with E-state index in [2.05, 4.69) is 0 Å². The number of aliphatic hydroxyl groups is 1. The fourth-order valence-electron chi connectivity index (χ4n) is 1.44. The number of hydrogen-bond acceptors (Lipinski definition) is 4. The molecule has 0 radical (unpaired) electrons. The molecule has 1 aliphatic carbocycles. The number of hydrogen-bond donors (Lipinski definition) is 1. The van der Waals surface area contributed by atoms with E-state index in [1.807, 2.05) is 0 Å². The minimum Gasteiger partial charge on any atom is -0.390 e. The Labute approximate surface area is 78.8 Å². The van der Waals surface area contributed by atoms with Crippen LogP contribution in [-0.4, -0.2) is 44.4 Å². The zero-order valence-electron chi connectivity index (χ0n) is 8.07. The molecule has 1 aliphatic rings. The summed E-state index contributed by atoms with van der Waals surface area (Å²) in [6.07, 6.45) is 2.51. The lowest BCUT2D eigenvalue weighted by molar-refractivity contribution is -0.120. The van der Waals surface area contributed by atoms with Gasteiger partial charge in [-0.25, -0.2) is 0 Å². The maximum atomic E-state index is 9.39. The Balaban J connectivity index is 1.93. The Morgan fingerprint density at radius 2 is 2.15 bits per heavy atom. The van der Waals surface area contributed by atoms with Crippen LogP contribution in [0.2, 0.25) is 0 Å². The summed E-state index contributed by atoms with van der Waals surface area (Å²) in [5.74, 6) is 0. The third-order valence-corrected chi connectivity index (χ3v) is 2.21. The van der Waals surface area contributed by atoms with E-state index in [0.29, 0.717) is 13.2 Å². The highest BCUT2D eigenvalue weighted by atomic mass is 16.7. The standard InChI is InChI=1S/C9H18O4/c1-11-5-6-12-7-13-9-4-2-3-8(9)10/h8-10H,2-7H2,1H3/t8-,9+/m0/s1. The Morgan fingerprint density at radius 3 is 2.77 bits per heavy atom. The van der Waals surface area contributed by atoms with E-state index in [4.69, 9.17) is 14.2 Å². The fourth-order valence-corrected chi connectivity index (χ4v) is 1.44. The van der Waals surface area contributed by atoms with Crippen LogP contribution in [0, 0.1) is 0 Å². The summed E-state index contributed by atoms with van der Waals surface area (Å²) in [5, 5.41) is 9.39. The predicted molar refractivity (Wildman–Crippen MR) is 47.4 cm³/mol. The molecule has 1 saturated carbocycles. The van der Waals surface area contributed by atoms with Gasteiger partial charge in [-0.1, -0.05) is 0 Å². The minimum atomic E-state index is -0.300. The number of aliphatic hydroxyl groups excluding tert-OH is 1. The van der Waals surface area contributed by atoms with Crippen LogP contribution in [0.25, 0.3) is 0 Å². The van der Waals surface area contributed by atoms with Crippen LogP contribution >= 0.6 is 0 Å². The molecular weight excluding hydrogens is 172 g/mol. The van der Waals surface area contributed by atoms with Gasteiger partial charge in [-0.05, 0) is 19.3 Å². The van der Waals surface area contributed by atoms with Gasteiger partial charge in [0.15, 0.2) is 0 Å². The van der Waals surface area contributed by atoms with Crippen LogP contribution in [0.4, 0.5) is 0 Å². The Morgan fingerprint density at radius 1 is 1.31 bits per heavy atom. The Bertz CT molecular complexity index is 129. The summed E-state index contributed by atoms with van der Waals surface area (Å²) in [7, 11) is 1.63. The highest BCUT2D eigenvalue weighted by Crippen LogP contribution is 2.21. The van der Waals surface area contributed by atoms with Gasteiger partial charge in [0.25, 0.3) is 0 Å². The van der Waals surface area contributed by atoms with E-state index in [0.717, 1.165) is 19.3 Å². The van der Waals surface area contributed by atoms with Crippen molar-refractivity contribution in [3.05, 3.63) is 0 Å². The van der Waals surface area contributed by atoms with Crippen molar-refractivity contribution < 1.29 is 19.3 Å². The molecule has 0 aromatic heterocycles. The first kappa shape index (κ1) is 10.9. The van der Waals surface area contributed by atoms with Gasteiger partial charge in [0.1, 0.15) is 6.79 Å². The molecule has 0 heterocycles. The zero-order chi connectivity index (χ0) is 9.52. The van der Waals surface area contributed by atoms with Gasteiger partial charge in [0.05, 0.1) is 25.4 Å². The summed E-state index contributed by atoms with van der Waals surface area (Å²) in [6.45, 7) is 1.38. The molecule has 4 heteroatoms. The lowest BCUT2D eigenvalue weighted by Gasteiger charge is -2.15. The first-order valence-electron chi connectivity index (χ1n) is 4.71. The highest BCUT2D eigenvalue weighted by Gasteiger charge is 2.25. The maximum absolute atomic E-state index is 9.39. The molecule has 0 spiro atoms. The van der Waals surface area contributed by atoms with Crippen molar-refractivity contribution in [3.63, 3.8) is 0 Å². The number of ether oxygens (including phenoxy) is 3. The Hall–Kier alpha value is -0.160. The van der Waals surface area contributed by atoms with Gasteiger partial charge < -0.3 is 19.3 Å².